The molecule has 0 aromatic carbocycles. The van der Waals surface area contributed by atoms with E-state index in [2.05, 4.69) is 16.1 Å². The molecule has 1 heterocycles. The fraction of sp³-hybridized carbons (Fsp3) is 0.800. The van der Waals surface area contributed by atoms with Crippen molar-refractivity contribution in [2.75, 3.05) is 13.2 Å². The normalized spacial score (nSPS) is 18.8. The largest absolute Gasteiger partial charge is 0.460 e. The van der Waals surface area contributed by atoms with Crippen LogP contribution in [0, 0.1) is 5.92 Å². The van der Waals surface area contributed by atoms with Gasteiger partial charge in [-0.3, -0.25) is 19.4 Å². The van der Waals surface area contributed by atoms with Crippen molar-refractivity contribution in [3.63, 3.8) is 0 Å². The predicted molar refractivity (Wildman–Crippen MR) is 125 cm³/mol. The van der Waals surface area contributed by atoms with Gasteiger partial charge in [0.05, 0.1) is 0 Å². The van der Waals surface area contributed by atoms with E-state index in [1.165, 1.54) is 11.9 Å². The van der Waals surface area contributed by atoms with Crippen LogP contribution in [0.5, 0.6) is 0 Å². The quantitative estimate of drug-likeness (QED) is 0.340. The summed E-state index contributed by atoms with van der Waals surface area (Å²) in [5.41, 5.74) is 2.07. The molecule has 0 saturated carbocycles. The summed E-state index contributed by atoms with van der Waals surface area (Å²) < 4.78 is 8.44. The minimum atomic E-state index is -1.74. The van der Waals surface area contributed by atoms with E-state index in [9.17, 15) is 19.2 Å². The van der Waals surface area contributed by atoms with Gasteiger partial charge in [-0.1, -0.05) is 48.7 Å². The number of hydrogen-bond acceptors (Lipinski definition) is 7. The first kappa shape index (κ1) is 29.5. The van der Waals surface area contributed by atoms with Crippen LogP contribution < -0.4 is 16.1 Å². The Labute approximate surface area is 209 Å². The zero-order chi connectivity index (χ0) is 25.6. The van der Waals surface area contributed by atoms with Crippen LogP contribution in [0.15, 0.2) is 0 Å². The standard InChI is InChI=1S/C20H33Cl3N4O6/c1-11(2)14(25-18(31)33-19(4,5)6)15(28)24-12(3)16(29)27-9-7-8-13(26-27)17(30)32-10-20(21,22)23/h11-14,26H,7-10H2,1-6H3,(H,24,28)(H,25,31)/t12?,13?,14-/m0/s1. The van der Waals surface area contributed by atoms with Crippen LogP contribution >= 0.6 is 34.8 Å². The van der Waals surface area contributed by atoms with Gasteiger partial charge < -0.3 is 20.1 Å². The van der Waals surface area contributed by atoms with Crippen molar-refractivity contribution in [3.05, 3.63) is 0 Å². The Hall–Kier alpha value is -1.49. The van der Waals surface area contributed by atoms with Crippen LogP contribution in [0.2, 0.25) is 0 Å². The number of carbonyl (C=O) groups excluding carboxylic acids is 4. The van der Waals surface area contributed by atoms with Crippen molar-refractivity contribution in [2.45, 2.75) is 81.9 Å². The highest BCUT2D eigenvalue weighted by Crippen LogP contribution is 2.26. The van der Waals surface area contributed by atoms with Crippen molar-refractivity contribution in [2.24, 2.45) is 5.92 Å². The lowest BCUT2D eigenvalue weighted by molar-refractivity contribution is -0.152. The van der Waals surface area contributed by atoms with E-state index in [4.69, 9.17) is 44.3 Å². The minimum Gasteiger partial charge on any atom is -0.460 e. The number of carbonyl (C=O) groups is 4. The zero-order valence-corrected chi connectivity index (χ0v) is 21.9. The van der Waals surface area contributed by atoms with E-state index < -0.39 is 58.0 Å². The molecule has 0 aromatic heterocycles. The van der Waals surface area contributed by atoms with Gasteiger partial charge in [0.2, 0.25) is 9.70 Å². The topological polar surface area (TPSA) is 126 Å². The predicted octanol–water partition coefficient (Wildman–Crippen LogP) is 2.45. The van der Waals surface area contributed by atoms with Gasteiger partial charge in [0.1, 0.15) is 30.3 Å². The maximum absolute atomic E-state index is 12.8. The van der Waals surface area contributed by atoms with Gasteiger partial charge in [-0.15, -0.1) is 0 Å². The number of halogens is 3. The first-order valence-electron chi connectivity index (χ1n) is 10.6. The molecule has 2 unspecified atom stereocenters. The minimum absolute atomic E-state index is 0.259. The van der Waals surface area contributed by atoms with E-state index >= 15 is 0 Å². The van der Waals surface area contributed by atoms with Crippen LogP contribution in [0.1, 0.15) is 54.4 Å². The SMILES string of the molecule is CC(NC(=O)[C@@H](NC(=O)OC(C)(C)C)C(C)C)C(=O)N1CCCC(C(=O)OCC(Cl)(Cl)Cl)N1. The second-order valence-corrected chi connectivity index (χ2v) is 11.7. The molecular formula is C20H33Cl3N4O6. The Bertz CT molecular complexity index is 724. The van der Waals surface area contributed by atoms with Crippen LogP contribution in [0.4, 0.5) is 4.79 Å². The van der Waals surface area contributed by atoms with Crippen molar-refractivity contribution in [1.82, 2.24) is 21.1 Å². The molecule has 10 nitrogen and oxygen atoms in total. The number of rotatable bonds is 7. The number of ether oxygens (including phenoxy) is 2. The highest BCUT2D eigenvalue weighted by molar-refractivity contribution is 6.67. The van der Waals surface area contributed by atoms with E-state index in [1.54, 1.807) is 34.6 Å². The summed E-state index contributed by atoms with van der Waals surface area (Å²) in [5, 5.41) is 6.40. The summed E-state index contributed by atoms with van der Waals surface area (Å²) in [6.45, 7) is 10.1. The summed E-state index contributed by atoms with van der Waals surface area (Å²) >= 11 is 16.8. The maximum atomic E-state index is 12.8. The Kier molecular flexibility index (Phi) is 11.0. The molecule has 0 radical (unpaired) electrons. The van der Waals surface area contributed by atoms with Gasteiger partial charge in [0.25, 0.3) is 5.91 Å². The van der Waals surface area contributed by atoms with Crippen LogP contribution in [0.25, 0.3) is 0 Å². The molecule has 3 N–H and O–H groups in total. The van der Waals surface area contributed by atoms with Crippen molar-refractivity contribution in [3.8, 4) is 0 Å². The van der Waals surface area contributed by atoms with Crippen molar-refractivity contribution in [1.29, 1.82) is 0 Å². The average Bonchev–Trinajstić information content (AvgIpc) is 2.67. The second-order valence-electron chi connectivity index (χ2n) is 9.13. The monoisotopic (exact) mass is 530 g/mol. The molecule has 3 amide bonds. The molecule has 1 saturated heterocycles. The van der Waals surface area contributed by atoms with E-state index in [-0.39, 0.29) is 5.92 Å². The Morgan fingerprint density at radius 3 is 2.21 bits per heavy atom. The second kappa shape index (κ2) is 12.3. The number of esters is 1. The van der Waals surface area contributed by atoms with Crippen LogP contribution in [-0.2, 0) is 23.9 Å². The highest BCUT2D eigenvalue weighted by Gasteiger charge is 2.34. The third kappa shape index (κ3) is 11.0. The summed E-state index contributed by atoms with van der Waals surface area (Å²) in [4.78, 5) is 49.9. The zero-order valence-electron chi connectivity index (χ0n) is 19.7. The third-order valence-corrected chi connectivity index (χ3v) is 4.79. The average molecular weight is 532 g/mol. The van der Waals surface area contributed by atoms with E-state index in [0.717, 1.165) is 0 Å². The molecule has 1 aliphatic heterocycles. The number of hydrazine groups is 1. The van der Waals surface area contributed by atoms with Crippen LogP contribution in [-0.4, -0.2) is 69.6 Å². The fourth-order valence-electron chi connectivity index (χ4n) is 2.94. The maximum Gasteiger partial charge on any atom is 0.408 e. The molecule has 190 valence electrons. The summed E-state index contributed by atoms with van der Waals surface area (Å²) in [7, 11) is 0. The molecule has 33 heavy (non-hydrogen) atoms. The van der Waals surface area contributed by atoms with Gasteiger partial charge in [0.15, 0.2) is 0 Å². The molecule has 1 rings (SSSR count). The van der Waals surface area contributed by atoms with Gasteiger partial charge in [0, 0.05) is 6.54 Å². The lowest BCUT2D eigenvalue weighted by Crippen LogP contribution is -2.61. The fourth-order valence-corrected chi connectivity index (χ4v) is 3.10. The van der Waals surface area contributed by atoms with Crippen molar-refractivity contribution < 1.29 is 28.7 Å². The Morgan fingerprint density at radius 2 is 1.70 bits per heavy atom. The van der Waals surface area contributed by atoms with Gasteiger partial charge in [-0.2, -0.15) is 0 Å². The third-order valence-electron chi connectivity index (χ3n) is 4.47. The van der Waals surface area contributed by atoms with Gasteiger partial charge in [-0.25, -0.2) is 10.2 Å². The Morgan fingerprint density at radius 1 is 1.09 bits per heavy atom. The van der Waals surface area contributed by atoms with E-state index in [0.29, 0.717) is 19.4 Å². The molecule has 13 heteroatoms. The van der Waals surface area contributed by atoms with E-state index in [1.807, 2.05) is 0 Å². The summed E-state index contributed by atoms with van der Waals surface area (Å²) in [6.07, 6.45) is 0.226. The Balaban J connectivity index is 2.70. The van der Waals surface area contributed by atoms with Gasteiger partial charge in [-0.05, 0) is 46.5 Å². The number of alkyl halides is 3. The molecule has 3 atom stereocenters. The lowest BCUT2D eigenvalue weighted by atomic mass is 10.0. The molecular weight excluding hydrogens is 499 g/mol. The number of nitrogens with one attached hydrogen (secondary N) is 3. The molecule has 1 aliphatic rings. The molecule has 0 bridgehead atoms. The van der Waals surface area contributed by atoms with Gasteiger partial charge >= 0.3 is 12.1 Å². The van der Waals surface area contributed by atoms with Crippen molar-refractivity contribution >= 4 is 58.7 Å². The molecule has 0 aliphatic carbocycles. The number of alkyl carbamates (subject to hydrolysis) is 1. The summed E-state index contributed by atoms with van der Waals surface area (Å²) in [5.74, 6) is -1.91. The number of hydrogen-bond donors (Lipinski definition) is 3. The lowest BCUT2D eigenvalue weighted by Gasteiger charge is -2.34. The highest BCUT2D eigenvalue weighted by atomic mass is 35.6. The summed E-state index contributed by atoms with van der Waals surface area (Å²) in [6, 6.07) is -2.63. The first-order chi connectivity index (χ1) is 15.0. The van der Waals surface area contributed by atoms with Crippen LogP contribution in [0.3, 0.4) is 0 Å². The molecule has 0 spiro atoms. The smallest absolute Gasteiger partial charge is 0.408 e. The number of amides is 3. The molecule has 0 aromatic rings. The molecule has 1 fully saturated rings. The first-order valence-corrected chi connectivity index (χ1v) is 11.7. The number of nitrogens with zero attached hydrogens (tertiary/aromatic N) is 1.